The number of benzene rings is 3. The lowest BCUT2D eigenvalue weighted by atomic mass is 9.90. The fourth-order valence-corrected chi connectivity index (χ4v) is 4.48. The summed E-state index contributed by atoms with van der Waals surface area (Å²) in [6.07, 6.45) is 0. The van der Waals surface area contributed by atoms with E-state index in [-0.39, 0.29) is 12.3 Å². The van der Waals surface area contributed by atoms with Gasteiger partial charge in [0.2, 0.25) is 0 Å². The van der Waals surface area contributed by atoms with Crippen LogP contribution in [-0.2, 0) is 6.61 Å². The van der Waals surface area contributed by atoms with Gasteiger partial charge in [0, 0.05) is 26.2 Å². The Kier molecular flexibility index (Phi) is 4.89. The second-order valence-corrected chi connectivity index (χ2v) is 8.33. The SMILES string of the molecule is O=C(O)c1n[nH]c2c1COc1cc(-c3cccc(Cl)c3)c(-c3ccc(Cl)cc3Cl)cc1-2. The lowest BCUT2D eigenvalue weighted by Crippen LogP contribution is -2.09. The molecule has 0 unspecified atom stereocenters. The highest BCUT2D eigenvalue weighted by molar-refractivity contribution is 6.36. The highest BCUT2D eigenvalue weighted by Gasteiger charge is 2.28. The van der Waals surface area contributed by atoms with Gasteiger partial charge >= 0.3 is 5.97 Å². The van der Waals surface area contributed by atoms with Crippen molar-refractivity contribution >= 4 is 40.8 Å². The smallest absolute Gasteiger partial charge is 0.356 e. The summed E-state index contributed by atoms with van der Waals surface area (Å²) in [5.41, 5.74) is 5.12. The minimum atomic E-state index is -1.11. The minimum absolute atomic E-state index is 0.0503. The van der Waals surface area contributed by atoms with E-state index >= 15 is 0 Å². The van der Waals surface area contributed by atoms with Gasteiger partial charge in [0.1, 0.15) is 12.4 Å². The molecule has 154 valence electrons. The van der Waals surface area contributed by atoms with E-state index in [9.17, 15) is 9.90 Å². The molecule has 0 spiro atoms. The molecule has 4 aromatic rings. The van der Waals surface area contributed by atoms with Crippen LogP contribution in [0.4, 0.5) is 0 Å². The number of nitrogens with zero attached hydrogens (tertiary/aromatic N) is 1. The molecule has 2 N–H and O–H groups in total. The Hall–Kier alpha value is -2.99. The van der Waals surface area contributed by atoms with Crippen LogP contribution in [0.5, 0.6) is 5.75 Å². The lowest BCUT2D eigenvalue weighted by Gasteiger charge is -2.22. The van der Waals surface area contributed by atoms with Crippen LogP contribution in [0.3, 0.4) is 0 Å². The van der Waals surface area contributed by atoms with E-state index in [4.69, 9.17) is 39.5 Å². The summed E-state index contributed by atoms with van der Waals surface area (Å²) in [6, 6.07) is 16.6. The predicted molar refractivity (Wildman–Crippen MR) is 121 cm³/mol. The van der Waals surface area contributed by atoms with Crippen LogP contribution >= 0.6 is 34.8 Å². The van der Waals surface area contributed by atoms with Crippen molar-refractivity contribution < 1.29 is 14.6 Å². The third-order valence-corrected chi connectivity index (χ3v) is 5.97. The van der Waals surface area contributed by atoms with Crippen molar-refractivity contribution in [2.45, 2.75) is 6.61 Å². The van der Waals surface area contributed by atoms with E-state index < -0.39 is 5.97 Å². The molecule has 5 nitrogen and oxygen atoms in total. The Labute approximate surface area is 192 Å². The van der Waals surface area contributed by atoms with Gasteiger partial charge in [-0.25, -0.2) is 4.79 Å². The summed E-state index contributed by atoms with van der Waals surface area (Å²) in [5.74, 6) is -0.502. The zero-order valence-corrected chi connectivity index (χ0v) is 18.0. The number of hydrogen-bond donors (Lipinski definition) is 2. The number of aromatic amines is 1. The number of rotatable bonds is 3. The van der Waals surface area contributed by atoms with Crippen LogP contribution in [-0.4, -0.2) is 21.3 Å². The number of aromatic carboxylic acids is 1. The topological polar surface area (TPSA) is 75.2 Å². The van der Waals surface area contributed by atoms with Gasteiger partial charge in [0.05, 0.1) is 11.3 Å². The third-order valence-electron chi connectivity index (χ3n) is 5.19. The fraction of sp³-hybridized carbons (Fsp3) is 0.0435. The summed E-state index contributed by atoms with van der Waals surface area (Å²) in [5, 5.41) is 17.8. The number of ether oxygens (including phenoxy) is 1. The number of fused-ring (bicyclic) bond motifs is 3. The molecule has 0 saturated heterocycles. The maximum Gasteiger partial charge on any atom is 0.356 e. The number of hydrogen-bond acceptors (Lipinski definition) is 3. The van der Waals surface area contributed by atoms with E-state index in [0.29, 0.717) is 37.6 Å². The Morgan fingerprint density at radius 2 is 1.74 bits per heavy atom. The Bertz CT molecular complexity index is 1360. The maximum atomic E-state index is 11.5. The van der Waals surface area contributed by atoms with Crippen molar-refractivity contribution in [1.29, 1.82) is 0 Å². The molecule has 1 aliphatic rings. The molecule has 0 radical (unpaired) electrons. The lowest BCUT2D eigenvalue weighted by molar-refractivity contribution is 0.0687. The minimum Gasteiger partial charge on any atom is -0.488 e. The molecule has 3 aromatic carbocycles. The van der Waals surface area contributed by atoms with E-state index in [1.165, 1.54) is 0 Å². The summed E-state index contributed by atoms with van der Waals surface area (Å²) in [7, 11) is 0. The van der Waals surface area contributed by atoms with Gasteiger partial charge in [-0.15, -0.1) is 0 Å². The van der Waals surface area contributed by atoms with Crippen LogP contribution in [0, 0.1) is 0 Å². The van der Waals surface area contributed by atoms with Gasteiger partial charge in [0.15, 0.2) is 5.69 Å². The van der Waals surface area contributed by atoms with Crippen LogP contribution < -0.4 is 4.74 Å². The van der Waals surface area contributed by atoms with Gasteiger partial charge in [-0.3, -0.25) is 5.10 Å². The Morgan fingerprint density at radius 1 is 0.935 bits per heavy atom. The van der Waals surface area contributed by atoms with Gasteiger partial charge in [-0.2, -0.15) is 5.10 Å². The molecule has 0 fully saturated rings. The molecule has 1 aromatic heterocycles. The molecule has 0 saturated carbocycles. The number of nitrogens with one attached hydrogen (secondary N) is 1. The number of aromatic nitrogens is 2. The van der Waals surface area contributed by atoms with Crippen LogP contribution in [0.25, 0.3) is 33.5 Å². The number of carbonyl (C=O) groups is 1. The van der Waals surface area contributed by atoms with Crippen molar-refractivity contribution in [3.63, 3.8) is 0 Å². The summed E-state index contributed by atoms with van der Waals surface area (Å²) in [4.78, 5) is 11.5. The van der Waals surface area contributed by atoms with Crippen molar-refractivity contribution in [3.8, 4) is 39.3 Å². The second-order valence-electron chi connectivity index (χ2n) is 7.05. The monoisotopic (exact) mass is 470 g/mol. The molecule has 2 heterocycles. The van der Waals surface area contributed by atoms with Gasteiger partial charge in [-0.1, -0.05) is 53.0 Å². The predicted octanol–water partition coefficient (Wildman–Crippen LogP) is 6.96. The number of halogens is 3. The standard InChI is InChI=1S/C23H13Cl3N2O3/c24-12-3-1-2-11(6-12)15-9-20-17(8-16(15)14-5-4-13(25)7-19(14)26)21-18(10-31-20)22(23(29)30)28-27-21/h1-9H,10H2,(H,27,28)(H,29,30). The number of carboxylic acids is 1. The second kappa shape index (κ2) is 7.61. The normalized spacial score (nSPS) is 12.1. The van der Waals surface area contributed by atoms with Crippen LogP contribution in [0.2, 0.25) is 15.1 Å². The highest BCUT2D eigenvalue weighted by Crippen LogP contribution is 2.46. The molecule has 0 amide bonds. The first kappa shape index (κ1) is 19.9. The largest absolute Gasteiger partial charge is 0.488 e. The van der Waals surface area contributed by atoms with E-state index in [1.54, 1.807) is 18.2 Å². The van der Waals surface area contributed by atoms with Gasteiger partial charge in [-0.05, 0) is 53.1 Å². The van der Waals surface area contributed by atoms with Crippen molar-refractivity contribution in [1.82, 2.24) is 10.2 Å². The third kappa shape index (κ3) is 3.45. The van der Waals surface area contributed by atoms with Crippen molar-refractivity contribution in [2.24, 2.45) is 0 Å². The van der Waals surface area contributed by atoms with E-state index in [1.807, 2.05) is 36.4 Å². The van der Waals surface area contributed by atoms with Crippen molar-refractivity contribution in [3.05, 3.63) is 80.9 Å². The average Bonchev–Trinajstić information content (AvgIpc) is 3.18. The Balaban J connectivity index is 1.79. The van der Waals surface area contributed by atoms with E-state index in [2.05, 4.69) is 10.2 Å². The number of carboxylic acid groups (broad SMARTS) is 1. The molecule has 1 aliphatic heterocycles. The summed E-state index contributed by atoms with van der Waals surface area (Å²) < 4.78 is 5.92. The van der Waals surface area contributed by atoms with Crippen LogP contribution in [0.1, 0.15) is 16.1 Å². The fourth-order valence-electron chi connectivity index (χ4n) is 3.78. The first-order valence-corrected chi connectivity index (χ1v) is 10.4. The zero-order valence-electron chi connectivity index (χ0n) is 15.7. The molecule has 0 bridgehead atoms. The molecule has 0 aliphatic carbocycles. The van der Waals surface area contributed by atoms with E-state index in [0.717, 1.165) is 22.3 Å². The molecule has 8 heteroatoms. The maximum absolute atomic E-state index is 11.5. The molecular formula is C23H13Cl3N2O3. The molecule has 0 atom stereocenters. The number of H-pyrrole nitrogens is 1. The van der Waals surface area contributed by atoms with Crippen molar-refractivity contribution in [2.75, 3.05) is 0 Å². The molecule has 31 heavy (non-hydrogen) atoms. The summed E-state index contributed by atoms with van der Waals surface area (Å²) in [6.45, 7) is 0.108. The van der Waals surface area contributed by atoms with Crippen LogP contribution in [0.15, 0.2) is 54.6 Å². The van der Waals surface area contributed by atoms with Gasteiger partial charge in [0.25, 0.3) is 0 Å². The Morgan fingerprint density at radius 3 is 2.48 bits per heavy atom. The molecular weight excluding hydrogens is 459 g/mol. The first-order chi connectivity index (χ1) is 14.9. The van der Waals surface area contributed by atoms with Gasteiger partial charge < -0.3 is 9.84 Å². The average molecular weight is 472 g/mol. The molecule has 5 rings (SSSR count). The summed E-state index contributed by atoms with van der Waals surface area (Å²) >= 11 is 18.9. The first-order valence-electron chi connectivity index (χ1n) is 9.25. The highest BCUT2D eigenvalue weighted by atomic mass is 35.5. The quantitative estimate of drug-likeness (QED) is 0.338. The zero-order chi connectivity index (χ0) is 21.7.